The van der Waals surface area contributed by atoms with E-state index in [-0.39, 0.29) is 5.91 Å². The molecule has 0 radical (unpaired) electrons. The van der Waals surface area contributed by atoms with E-state index in [4.69, 9.17) is 0 Å². The highest BCUT2D eigenvalue weighted by atomic mass is 32.2. The van der Waals surface area contributed by atoms with Crippen LogP contribution in [0.5, 0.6) is 0 Å². The number of aryl methyl sites for hydroxylation is 1. The summed E-state index contributed by atoms with van der Waals surface area (Å²) in [4.78, 5) is 15.9. The summed E-state index contributed by atoms with van der Waals surface area (Å²) in [5.41, 5.74) is 1.06. The van der Waals surface area contributed by atoms with E-state index < -0.39 is 0 Å². The van der Waals surface area contributed by atoms with E-state index in [2.05, 4.69) is 24.1 Å². The number of rotatable bonds is 7. The molecule has 0 unspecified atom stereocenters. The van der Waals surface area contributed by atoms with Crippen LogP contribution in [0.25, 0.3) is 0 Å². The van der Waals surface area contributed by atoms with Gasteiger partial charge in [-0.2, -0.15) is 11.8 Å². The molecule has 1 rings (SSSR count). The van der Waals surface area contributed by atoms with E-state index in [9.17, 15) is 4.79 Å². The maximum atomic E-state index is 11.5. The molecule has 3 nitrogen and oxygen atoms in total. The van der Waals surface area contributed by atoms with Crippen molar-refractivity contribution < 1.29 is 4.79 Å². The molecule has 0 fully saturated rings. The Balaban J connectivity index is 2.23. The van der Waals surface area contributed by atoms with Crippen LogP contribution in [0.3, 0.4) is 0 Å². The molecular formula is C12H20N2OS2. The molecule has 1 aromatic rings. The summed E-state index contributed by atoms with van der Waals surface area (Å²) in [6.07, 6.45) is 0.613. The monoisotopic (exact) mass is 272 g/mol. The van der Waals surface area contributed by atoms with Gasteiger partial charge in [0.05, 0.1) is 5.01 Å². The maximum Gasteiger partial charge on any atom is 0.220 e. The zero-order chi connectivity index (χ0) is 12.7. The molecule has 1 N–H and O–H groups in total. The van der Waals surface area contributed by atoms with E-state index in [1.807, 2.05) is 12.3 Å². The van der Waals surface area contributed by atoms with E-state index in [1.54, 1.807) is 23.1 Å². The second kappa shape index (κ2) is 7.71. The minimum absolute atomic E-state index is 0.145. The van der Waals surface area contributed by atoms with Crippen LogP contribution in [0.1, 0.15) is 36.9 Å². The summed E-state index contributed by atoms with van der Waals surface area (Å²) in [6.45, 7) is 6.88. The van der Waals surface area contributed by atoms with Crippen molar-refractivity contribution in [3.05, 3.63) is 16.1 Å². The minimum atomic E-state index is 0.145. The van der Waals surface area contributed by atoms with Gasteiger partial charge in [-0.15, -0.1) is 11.3 Å². The summed E-state index contributed by atoms with van der Waals surface area (Å²) < 4.78 is 0. The van der Waals surface area contributed by atoms with Crippen molar-refractivity contribution in [2.45, 2.75) is 33.1 Å². The van der Waals surface area contributed by atoms with Crippen LogP contribution < -0.4 is 5.32 Å². The van der Waals surface area contributed by atoms with Crippen molar-refractivity contribution >= 4 is 29.0 Å². The average Bonchev–Trinajstić information content (AvgIpc) is 2.73. The van der Waals surface area contributed by atoms with E-state index in [0.717, 1.165) is 22.2 Å². The Bertz CT molecular complexity index is 352. The molecule has 0 bridgehead atoms. The fourth-order valence-corrected chi connectivity index (χ4v) is 2.83. The highest BCUT2D eigenvalue weighted by Crippen LogP contribution is 2.18. The molecule has 0 aromatic carbocycles. The zero-order valence-electron chi connectivity index (χ0n) is 10.7. The van der Waals surface area contributed by atoms with Gasteiger partial charge in [0.15, 0.2) is 0 Å². The van der Waals surface area contributed by atoms with Crippen LogP contribution in [0, 0.1) is 6.92 Å². The topological polar surface area (TPSA) is 42.0 Å². The molecule has 5 heteroatoms. The number of thioether (sulfide) groups is 1. The standard InChI is InChI=1S/C12H20N2OS2/c1-4-16-6-5-11(15)13-7-9(2)12-14-10(3)8-17-12/h8-9H,4-7H2,1-3H3,(H,13,15)/t9-/m1/s1. The highest BCUT2D eigenvalue weighted by Gasteiger charge is 2.10. The number of aromatic nitrogens is 1. The molecule has 0 aliphatic rings. The first kappa shape index (κ1) is 14.5. The van der Waals surface area contributed by atoms with Gasteiger partial charge in [0.1, 0.15) is 0 Å². The van der Waals surface area contributed by atoms with E-state index >= 15 is 0 Å². The molecule has 1 amide bonds. The molecule has 96 valence electrons. The van der Waals surface area contributed by atoms with Crippen molar-refractivity contribution in [3.63, 3.8) is 0 Å². The number of nitrogens with one attached hydrogen (secondary N) is 1. The number of thiazole rings is 1. The van der Waals surface area contributed by atoms with E-state index in [0.29, 0.717) is 18.9 Å². The van der Waals surface area contributed by atoms with Crippen LogP contribution >= 0.6 is 23.1 Å². The molecule has 0 spiro atoms. The Morgan fingerprint density at radius 1 is 1.65 bits per heavy atom. The van der Waals surface area contributed by atoms with Gasteiger partial charge in [-0.05, 0) is 12.7 Å². The molecule has 1 atom stereocenters. The Morgan fingerprint density at radius 3 is 3.00 bits per heavy atom. The first-order valence-corrected chi connectivity index (χ1v) is 7.93. The first-order valence-electron chi connectivity index (χ1n) is 5.90. The molecule has 0 saturated heterocycles. The smallest absolute Gasteiger partial charge is 0.220 e. The Hall–Kier alpha value is -0.550. The van der Waals surface area contributed by atoms with Gasteiger partial charge in [0.2, 0.25) is 5.91 Å². The van der Waals surface area contributed by atoms with Crippen molar-refractivity contribution in [1.29, 1.82) is 0 Å². The average molecular weight is 272 g/mol. The molecule has 17 heavy (non-hydrogen) atoms. The maximum absolute atomic E-state index is 11.5. The second-order valence-electron chi connectivity index (χ2n) is 3.98. The molecule has 0 aliphatic heterocycles. The van der Waals surface area contributed by atoms with Gasteiger partial charge >= 0.3 is 0 Å². The van der Waals surface area contributed by atoms with Gasteiger partial charge in [0, 0.05) is 35.7 Å². The van der Waals surface area contributed by atoms with Gasteiger partial charge in [-0.3, -0.25) is 4.79 Å². The largest absolute Gasteiger partial charge is 0.355 e. The van der Waals surface area contributed by atoms with Crippen LogP contribution in [0.4, 0.5) is 0 Å². The number of hydrogen-bond donors (Lipinski definition) is 1. The second-order valence-corrected chi connectivity index (χ2v) is 6.26. The lowest BCUT2D eigenvalue weighted by Gasteiger charge is -2.09. The fourth-order valence-electron chi connectivity index (χ4n) is 1.35. The number of amides is 1. The summed E-state index contributed by atoms with van der Waals surface area (Å²) >= 11 is 3.46. The summed E-state index contributed by atoms with van der Waals surface area (Å²) in [6, 6.07) is 0. The summed E-state index contributed by atoms with van der Waals surface area (Å²) in [5.74, 6) is 2.43. The van der Waals surface area contributed by atoms with Crippen LogP contribution in [0.2, 0.25) is 0 Å². The first-order chi connectivity index (χ1) is 8.13. The quantitative estimate of drug-likeness (QED) is 0.776. The predicted octanol–water partition coefficient (Wildman–Crippen LogP) is 2.81. The normalized spacial score (nSPS) is 12.4. The number of hydrogen-bond acceptors (Lipinski definition) is 4. The fraction of sp³-hybridized carbons (Fsp3) is 0.667. The summed E-state index contributed by atoms with van der Waals surface area (Å²) in [5, 5.41) is 6.11. The third-order valence-electron chi connectivity index (χ3n) is 2.34. The van der Waals surface area contributed by atoms with Gasteiger partial charge in [-0.25, -0.2) is 4.98 Å². The molecule has 1 heterocycles. The van der Waals surface area contributed by atoms with Crippen LogP contribution in [-0.2, 0) is 4.79 Å². The summed E-state index contributed by atoms with van der Waals surface area (Å²) in [7, 11) is 0. The third kappa shape index (κ3) is 5.55. The Morgan fingerprint density at radius 2 is 2.41 bits per heavy atom. The minimum Gasteiger partial charge on any atom is -0.355 e. The number of carbonyl (C=O) groups excluding carboxylic acids is 1. The SMILES string of the molecule is CCSCCC(=O)NC[C@@H](C)c1nc(C)cs1. The van der Waals surface area contributed by atoms with Gasteiger partial charge in [0.25, 0.3) is 0 Å². The van der Waals surface area contributed by atoms with Crippen LogP contribution in [0.15, 0.2) is 5.38 Å². The van der Waals surface area contributed by atoms with Crippen molar-refractivity contribution in [3.8, 4) is 0 Å². The number of carbonyl (C=O) groups is 1. The van der Waals surface area contributed by atoms with E-state index in [1.165, 1.54) is 0 Å². The third-order valence-corrected chi connectivity index (χ3v) is 4.44. The van der Waals surface area contributed by atoms with Crippen molar-refractivity contribution in [2.24, 2.45) is 0 Å². The van der Waals surface area contributed by atoms with Gasteiger partial charge in [-0.1, -0.05) is 13.8 Å². The zero-order valence-corrected chi connectivity index (χ0v) is 12.3. The predicted molar refractivity (Wildman–Crippen MR) is 75.9 cm³/mol. The molecular weight excluding hydrogens is 252 g/mol. The number of nitrogens with zero attached hydrogens (tertiary/aromatic N) is 1. The van der Waals surface area contributed by atoms with Crippen molar-refractivity contribution in [2.75, 3.05) is 18.1 Å². The Kier molecular flexibility index (Phi) is 6.58. The van der Waals surface area contributed by atoms with Gasteiger partial charge < -0.3 is 5.32 Å². The molecule has 0 saturated carbocycles. The lowest BCUT2D eigenvalue weighted by atomic mass is 10.2. The molecule has 0 aliphatic carbocycles. The Labute approximate surface area is 111 Å². The lowest BCUT2D eigenvalue weighted by Crippen LogP contribution is -2.27. The molecule has 1 aromatic heterocycles. The van der Waals surface area contributed by atoms with Crippen LogP contribution in [-0.4, -0.2) is 28.9 Å². The van der Waals surface area contributed by atoms with Crippen molar-refractivity contribution in [1.82, 2.24) is 10.3 Å². The lowest BCUT2D eigenvalue weighted by molar-refractivity contribution is -0.120. The highest BCUT2D eigenvalue weighted by molar-refractivity contribution is 7.99.